The van der Waals surface area contributed by atoms with Crippen LogP contribution in [0.2, 0.25) is 0 Å². The molecule has 2 aliphatic rings. The van der Waals surface area contributed by atoms with Gasteiger partial charge in [0.15, 0.2) is 0 Å². The Labute approximate surface area is 119 Å². The zero-order chi connectivity index (χ0) is 14.1. The summed E-state index contributed by atoms with van der Waals surface area (Å²) in [5.41, 5.74) is 1.02. The summed E-state index contributed by atoms with van der Waals surface area (Å²) < 4.78 is 14.2. The Morgan fingerprint density at radius 2 is 2.15 bits per heavy atom. The summed E-state index contributed by atoms with van der Waals surface area (Å²) >= 11 is 0. The Morgan fingerprint density at radius 3 is 2.90 bits per heavy atom. The van der Waals surface area contributed by atoms with Gasteiger partial charge in [0.1, 0.15) is 5.82 Å². The molecule has 0 spiro atoms. The zero-order valence-corrected chi connectivity index (χ0v) is 11.8. The topological polar surface area (TPSA) is 30.3 Å². The second-order valence-corrected chi connectivity index (χ2v) is 5.92. The first-order valence-corrected chi connectivity index (χ1v) is 7.39. The maximum absolute atomic E-state index is 14.2. The Kier molecular flexibility index (Phi) is 3.62. The lowest BCUT2D eigenvalue weighted by Gasteiger charge is -2.48. The van der Waals surface area contributed by atoms with E-state index in [0.717, 1.165) is 13.1 Å². The number of piperazine rings is 1. The van der Waals surface area contributed by atoms with Gasteiger partial charge in [-0.2, -0.15) is 5.26 Å². The quantitative estimate of drug-likeness (QED) is 0.788. The van der Waals surface area contributed by atoms with Gasteiger partial charge in [0.25, 0.3) is 0 Å². The highest BCUT2D eigenvalue weighted by atomic mass is 19.1. The van der Waals surface area contributed by atoms with Crippen LogP contribution >= 0.6 is 0 Å². The van der Waals surface area contributed by atoms with E-state index in [1.54, 1.807) is 12.1 Å². The normalized spacial score (nSPS) is 26.9. The molecular weight excluding hydrogens is 253 g/mol. The van der Waals surface area contributed by atoms with E-state index in [2.05, 4.69) is 16.7 Å². The van der Waals surface area contributed by atoms with Crippen LogP contribution in [0.15, 0.2) is 18.2 Å². The van der Waals surface area contributed by atoms with Crippen LogP contribution in [0.25, 0.3) is 0 Å². The lowest BCUT2D eigenvalue weighted by atomic mass is 9.96. The summed E-state index contributed by atoms with van der Waals surface area (Å²) in [7, 11) is 0. The van der Waals surface area contributed by atoms with Gasteiger partial charge in [-0.05, 0) is 44.5 Å². The van der Waals surface area contributed by atoms with Gasteiger partial charge in [-0.1, -0.05) is 6.42 Å². The number of nitrogens with zero attached hydrogens (tertiary/aromatic N) is 3. The third kappa shape index (κ3) is 2.38. The molecule has 2 heterocycles. The van der Waals surface area contributed by atoms with Gasteiger partial charge < -0.3 is 4.90 Å². The van der Waals surface area contributed by atoms with Crippen LogP contribution in [-0.4, -0.2) is 36.6 Å². The van der Waals surface area contributed by atoms with Crippen molar-refractivity contribution in [2.45, 2.75) is 38.3 Å². The molecule has 0 aliphatic carbocycles. The third-order valence-electron chi connectivity index (χ3n) is 4.57. The van der Waals surface area contributed by atoms with Crippen molar-refractivity contribution < 1.29 is 4.39 Å². The molecule has 2 saturated heterocycles. The largest absolute Gasteiger partial charge is 0.364 e. The molecule has 1 aromatic rings. The summed E-state index contributed by atoms with van der Waals surface area (Å²) in [5, 5.41) is 8.83. The summed E-state index contributed by atoms with van der Waals surface area (Å²) in [5.74, 6) is -0.278. The molecule has 20 heavy (non-hydrogen) atoms. The average Bonchev–Trinajstić information content (AvgIpc) is 2.46. The molecule has 2 fully saturated rings. The van der Waals surface area contributed by atoms with E-state index in [4.69, 9.17) is 5.26 Å². The molecule has 1 aromatic carbocycles. The molecule has 0 aromatic heterocycles. The number of anilines is 1. The first-order chi connectivity index (χ1) is 9.69. The summed E-state index contributed by atoms with van der Waals surface area (Å²) in [6.07, 6.45) is 3.77. The molecule has 0 saturated carbocycles. The van der Waals surface area contributed by atoms with E-state index >= 15 is 0 Å². The number of rotatable bonds is 1. The van der Waals surface area contributed by atoms with E-state index in [9.17, 15) is 4.39 Å². The number of hydrogen-bond donors (Lipinski definition) is 0. The SMILES string of the molecule is CC1CN2CCCCC2CN1c1ccc(C#N)cc1F. The standard InChI is InChI=1S/C16H20FN3/c1-12-10-19-7-3-2-4-14(19)11-20(12)16-6-5-13(9-18)8-15(16)17/h5-6,8,12,14H,2-4,7,10-11H2,1H3. The van der Waals surface area contributed by atoms with Gasteiger partial charge in [-0.15, -0.1) is 0 Å². The van der Waals surface area contributed by atoms with Crippen LogP contribution in [0.4, 0.5) is 10.1 Å². The van der Waals surface area contributed by atoms with Crippen LogP contribution in [0.3, 0.4) is 0 Å². The maximum atomic E-state index is 14.2. The minimum Gasteiger partial charge on any atom is -0.364 e. The van der Waals surface area contributed by atoms with E-state index in [0.29, 0.717) is 23.3 Å². The predicted octanol–water partition coefficient (Wildman–Crippen LogP) is 2.76. The van der Waals surface area contributed by atoms with Crippen molar-refractivity contribution >= 4 is 5.69 Å². The maximum Gasteiger partial charge on any atom is 0.147 e. The lowest BCUT2D eigenvalue weighted by Crippen LogP contribution is -2.59. The van der Waals surface area contributed by atoms with Gasteiger partial charge in [-0.3, -0.25) is 4.90 Å². The Bertz CT molecular complexity index is 537. The van der Waals surface area contributed by atoms with Crippen molar-refractivity contribution in [3.63, 3.8) is 0 Å². The molecule has 4 heteroatoms. The van der Waals surface area contributed by atoms with Crippen molar-refractivity contribution in [3.05, 3.63) is 29.6 Å². The number of hydrogen-bond acceptors (Lipinski definition) is 3. The molecule has 0 N–H and O–H groups in total. The van der Waals surface area contributed by atoms with Crippen LogP contribution < -0.4 is 4.90 Å². The second-order valence-electron chi connectivity index (χ2n) is 5.92. The van der Waals surface area contributed by atoms with Crippen LogP contribution in [0.1, 0.15) is 31.7 Å². The van der Waals surface area contributed by atoms with Gasteiger partial charge >= 0.3 is 0 Å². The van der Waals surface area contributed by atoms with Crippen LogP contribution in [-0.2, 0) is 0 Å². The molecule has 2 aliphatic heterocycles. The molecule has 3 rings (SSSR count). The highest BCUT2D eigenvalue weighted by Gasteiger charge is 2.33. The minimum atomic E-state index is -0.278. The Balaban J connectivity index is 1.84. The molecule has 0 bridgehead atoms. The Morgan fingerprint density at radius 1 is 1.30 bits per heavy atom. The zero-order valence-electron chi connectivity index (χ0n) is 11.8. The highest BCUT2D eigenvalue weighted by Crippen LogP contribution is 2.30. The molecule has 0 radical (unpaired) electrons. The van der Waals surface area contributed by atoms with Crippen molar-refractivity contribution in [1.29, 1.82) is 5.26 Å². The molecule has 0 amide bonds. The monoisotopic (exact) mass is 273 g/mol. The number of fused-ring (bicyclic) bond motifs is 1. The van der Waals surface area contributed by atoms with Gasteiger partial charge in [-0.25, -0.2) is 4.39 Å². The fraction of sp³-hybridized carbons (Fsp3) is 0.562. The van der Waals surface area contributed by atoms with E-state index < -0.39 is 0 Å². The van der Waals surface area contributed by atoms with Gasteiger partial charge in [0.2, 0.25) is 0 Å². The number of piperidine rings is 1. The second kappa shape index (κ2) is 5.41. The fourth-order valence-corrected chi connectivity index (χ4v) is 3.50. The molecule has 106 valence electrons. The third-order valence-corrected chi connectivity index (χ3v) is 4.57. The van der Waals surface area contributed by atoms with Crippen molar-refractivity contribution in [2.24, 2.45) is 0 Å². The van der Waals surface area contributed by atoms with Crippen LogP contribution in [0.5, 0.6) is 0 Å². The first kappa shape index (κ1) is 13.4. The Hall–Kier alpha value is -1.60. The fourth-order valence-electron chi connectivity index (χ4n) is 3.50. The van der Waals surface area contributed by atoms with E-state index in [1.807, 2.05) is 6.07 Å². The van der Waals surface area contributed by atoms with Crippen molar-refractivity contribution in [3.8, 4) is 6.07 Å². The molecular formula is C16H20FN3. The van der Waals surface area contributed by atoms with Crippen LogP contribution in [0, 0.1) is 17.1 Å². The van der Waals surface area contributed by atoms with Crippen molar-refractivity contribution in [1.82, 2.24) is 4.90 Å². The first-order valence-electron chi connectivity index (χ1n) is 7.39. The number of halogens is 1. The number of benzene rings is 1. The number of nitriles is 1. The lowest BCUT2D eigenvalue weighted by molar-refractivity contribution is 0.115. The predicted molar refractivity (Wildman–Crippen MR) is 77.1 cm³/mol. The summed E-state index contributed by atoms with van der Waals surface area (Å²) in [6, 6.07) is 7.65. The molecule has 2 unspecified atom stereocenters. The summed E-state index contributed by atoms with van der Waals surface area (Å²) in [4.78, 5) is 4.72. The average molecular weight is 273 g/mol. The highest BCUT2D eigenvalue weighted by molar-refractivity contribution is 5.52. The van der Waals surface area contributed by atoms with Gasteiger partial charge in [0, 0.05) is 25.2 Å². The van der Waals surface area contributed by atoms with Crippen molar-refractivity contribution in [2.75, 3.05) is 24.5 Å². The minimum absolute atomic E-state index is 0.278. The van der Waals surface area contributed by atoms with E-state index in [1.165, 1.54) is 31.9 Å². The summed E-state index contributed by atoms with van der Waals surface area (Å²) in [6.45, 7) is 5.23. The smallest absolute Gasteiger partial charge is 0.147 e. The van der Waals surface area contributed by atoms with E-state index in [-0.39, 0.29) is 5.82 Å². The molecule has 2 atom stereocenters. The van der Waals surface area contributed by atoms with Gasteiger partial charge in [0.05, 0.1) is 17.3 Å². The molecule has 3 nitrogen and oxygen atoms in total.